The molecule has 16 heavy (non-hydrogen) atoms. The summed E-state index contributed by atoms with van der Waals surface area (Å²) in [7, 11) is 0. The molecule has 0 spiro atoms. The third-order valence-electron chi connectivity index (χ3n) is 2.43. The van der Waals surface area contributed by atoms with Crippen LogP contribution < -0.4 is 0 Å². The van der Waals surface area contributed by atoms with Crippen LogP contribution in [0.5, 0.6) is 0 Å². The van der Waals surface area contributed by atoms with Gasteiger partial charge in [-0.1, -0.05) is 0 Å². The maximum absolute atomic E-state index is 11.9. The Balaban J connectivity index is 1.95. The number of hydrogen-bond acceptors (Lipinski definition) is 5. The van der Waals surface area contributed by atoms with Gasteiger partial charge in [0, 0.05) is 0 Å². The summed E-state index contributed by atoms with van der Waals surface area (Å²) in [6.07, 6.45) is 0. The molecule has 2 amide bonds. The van der Waals surface area contributed by atoms with E-state index in [4.69, 9.17) is 9.47 Å². The van der Waals surface area contributed by atoms with Crippen LogP contribution in [-0.2, 0) is 19.1 Å². The molecule has 2 heterocycles. The van der Waals surface area contributed by atoms with E-state index < -0.39 is 11.9 Å². The molecule has 0 atom stereocenters. The van der Waals surface area contributed by atoms with Gasteiger partial charge in [0.25, 0.3) is 0 Å². The first-order chi connectivity index (χ1) is 7.66. The molecule has 0 bridgehead atoms. The minimum Gasteiger partial charge on any atom is -0.462 e. The number of hydrogen-bond donors (Lipinski definition) is 0. The average molecular weight is 228 g/mol. The molecule has 2 aliphatic heterocycles. The summed E-state index contributed by atoms with van der Waals surface area (Å²) in [4.78, 5) is 36.6. The Labute approximate surface area is 91.9 Å². The van der Waals surface area contributed by atoms with E-state index in [0.29, 0.717) is 13.1 Å². The van der Waals surface area contributed by atoms with Gasteiger partial charge < -0.3 is 19.3 Å². The number of cyclic esters (lactones) is 2. The molecule has 0 unspecified atom stereocenters. The number of esters is 2. The zero-order valence-electron chi connectivity index (χ0n) is 8.68. The highest BCUT2D eigenvalue weighted by molar-refractivity contribution is 5.85. The fraction of sp³-hybridized carbons (Fsp3) is 0.667. The van der Waals surface area contributed by atoms with E-state index in [1.807, 2.05) is 0 Å². The summed E-state index contributed by atoms with van der Waals surface area (Å²) in [5.41, 5.74) is 0. The van der Waals surface area contributed by atoms with Crippen molar-refractivity contribution < 1.29 is 23.9 Å². The lowest BCUT2D eigenvalue weighted by Crippen LogP contribution is -2.53. The highest BCUT2D eigenvalue weighted by atomic mass is 16.5. The molecule has 0 aromatic rings. The Hall–Kier alpha value is -1.79. The van der Waals surface area contributed by atoms with E-state index in [1.54, 1.807) is 0 Å². The summed E-state index contributed by atoms with van der Waals surface area (Å²) < 4.78 is 9.45. The molecular weight excluding hydrogens is 216 g/mol. The molecule has 0 aliphatic carbocycles. The van der Waals surface area contributed by atoms with Gasteiger partial charge in [0.05, 0.1) is 13.1 Å². The summed E-state index contributed by atoms with van der Waals surface area (Å²) in [6.45, 7) is 1.06. The van der Waals surface area contributed by atoms with E-state index in [2.05, 4.69) is 0 Å². The maximum Gasteiger partial charge on any atom is 0.325 e. The Kier molecular flexibility index (Phi) is 2.93. The van der Waals surface area contributed by atoms with Crippen LogP contribution in [0.1, 0.15) is 0 Å². The number of rotatable bonds is 0. The molecule has 0 radical (unpaired) electrons. The minimum atomic E-state index is -0.417. The lowest BCUT2D eigenvalue weighted by atomic mass is 10.4. The number of ether oxygens (including phenoxy) is 2. The smallest absolute Gasteiger partial charge is 0.325 e. The molecule has 0 saturated carbocycles. The monoisotopic (exact) mass is 228 g/mol. The number of nitrogens with zero attached hydrogens (tertiary/aromatic N) is 2. The van der Waals surface area contributed by atoms with Crippen LogP contribution >= 0.6 is 0 Å². The lowest BCUT2D eigenvalue weighted by Gasteiger charge is -2.33. The fourth-order valence-corrected chi connectivity index (χ4v) is 1.63. The predicted molar refractivity (Wildman–Crippen MR) is 50.5 cm³/mol. The van der Waals surface area contributed by atoms with Crippen LogP contribution in [0.25, 0.3) is 0 Å². The number of morpholine rings is 2. The number of carbonyl (C=O) groups is 3. The van der Waals surface area contributed by atoms with Crippen molar-refractivity contribution in [2.45, 2.75) is 0 Å². The number of amides is 2. The second-order valence-electron chi connectivity index (χ2n) is 3.57. The predicted octanol–water partition coefficient (Wildman–Crippen LogP) is -1.18. The van der Waals surface area contributed by atoms with Crippen LogP contribution in [0.15, 0.2) is 0 Å². The van der Waals surface area contributed by atoms with Gasteiger partial charge in [-0.25, -0.2) is 4.79 Å². The van der Waals surface area contributed by atoms with Gasteiger partial charge in [-0.2, -0.15) is 0 Å². The van der Waals surface area contributed by atoms with Crippen molar-refractivity contribution in [3.8, 4) is 0 Å². The van der Waals surface area contributed by atoms with Gasteiger partial charge in [-0.3, -0.25) is 9.59 Å². The normalized spacial score (nSPS) is 21.5. The summed E-state index contributed by atoms with van der Waals surface area (Å²) in [5, 5.41) is 0. The largest absolute Gasteiger partial charge is 0.462 e. The first kappa shape index (κ1) is 10.7. The Morgan fingerprint density at radius 3 is 1.75 bits per heavy atom. The van der Waals surface area contributed by atoms with Crippen LogP contribution in [0, 0.1) is 0 Å². The quantitative estimate of drug-likeness (QED) is 0.488. The average Bonchev–Trinajstić information content (AvgIpc) is 2.28. The fourth-order valence-electron chi connectivity index (χ4n) is 1.63. The molecule has 7 nitrogen and oxygen atoms in total. The van der Waals surface area contributed by atoms with Gasteiger partial charge in [0.2, 0.25) is 0 Å². The second-order valence-corrected chi connectivity index (χ2v) is 3.57. The molecule has 0 aromatic heterocycles. The van der Waals surface area contributed by atoms with Crippen molar-refractivity contribution in [1.82, 2.24) is 9.80 Å². The van der Waals surface area contributed by atoms with Crippen molar-refractivity contribution >= 4 is 18.0 Å². The van der Waals surface area contributed by atoms with E-state index in [-0.39, 0.29) is 32.3 Å². The van der Waals surface area contributed by atoms with Crippen molar-refractivity contribution in [3.05, 3.63) is 0 Å². The zero-order valence-corrected chi connectivity index (χ0v) is 8.68. The summed E-state index contributed by atoms with van der Waals surface area (Å²) in [6, 6.07) is -0.312. The molecule has 0 aromatic carbocycles. The van der Waals surface area contributed by atoms with E-state index >= 15 is 0 Å². The molecule has 2 aliphatic rings. The van der Waals surface area contributed by atoms with Crippen LogP contribution in [0.4, 0.5) is 4.79 Å². The Morgan fingerprint density at radius 1 is 0.938 bits per heavy atom. The Morgan fingerprint density at radius 2 is 1.38 bits per heavy atom. The SMILES string of the molecule is O=C1CN(C(=O)N2CCOC(=O)C2)CCO1. The summed E-state index contributed by atoms with van der Waals surface area (Å²) in [5.74, 6) is -0.835. The lowest BCUT2D eigenvalue weighted by molar-refractivity contribution is -0.150. The molecule has 88 valence electrons. The third kappa shape index (κ3) is 2.23. The van der Waals surface area contributed by atoms with Gasteiger partial charge in [0.1, 0.15) is 26.3 Å². The molecular formula is C9H12N2O5. The van der Waals surface area contributed by atoms with Gasteiger partial charge in [0.15, 0.2) is 0 Å². The second kappa shape index (κ2) is 4.38. The molecule has 2 saturated heterocycles. The van der Waals surface area contributed by atoms with E-state index in [1.165, 1.54) is 9.80 Å². The summed E-state index contributed by atoms with van der Waals surface area (Å²) >= 11 is 0. The highest BCUT2D eigenvalue weighted by Crippen LogP contribution is 2.06. The van der Waals surface area contributed by atoms with Crippen molar-refractivity contribution in [2.24, 2.45) is 0 Å². The third-order valence-corrected chi connectivity index (χ3v) is 2.43. The number of carbonyl (C=O) groups excluding carboxylic acids is 3. The zero-order chi connectivity index (χ0) is 11.5. The van der Waals surface area contributed by atoms with E-state index in [9.17, 15) is 14.4 Å². The van der Waals surface area contributed by atoms with Crippen LogP contribution in [0.3, 0.4) is 0 Å². The number of urea groups is 1. The van der Waals surface area contributed by atoms with Crippen molar-refractivity contribution in [1.29, 1.82) is 0 Å². The van der Waals surface area contributed by atoms with E-state index in [0.717, 1.165) is 0 Å². The van der Waals surface area contributed by atoms with Gasteiger partial charge in [-0.15, -0.1) is 0 Å². The first-order valence-corrected chi connectivity index (χ1v) is 5.02. The molecule has 7 heteroatoms. The first-order valence-electron chi connectivity index (χ1n) is 5.02. The topological polar surface area (TPSA) is 76.2 Å². The minimum absolute atomic E-state index is 0.0512. The van der Waals surface area contributed by atoms with Crippen LogP contribution in [0.2, 0.25) is 0 Å². The standard InChI is InChI=1S/C9H12N2O5/c12-7-5-10(1-3-15-7)9(14)11-2-4-16-8(13)6-11/h1-6H2. The van der Waals surface area contributed by atoms with Crippen LogP contribution in [-0.4, -0.2) is 67.2 Å². The van der Waals surface area contributed by atoms with Crippen molar-refractivity contribution in [2.75, 3.05) is 39.4 Å². The van der Waals surface area contributed by atoms with Crippen molar-refractivity contribution in [3.63, 3.8) is 0 Å². The van der Waals surface area contributed by atoms with Gasteiger partial charge in [-0.05, 0) is 0 Å². The Bertz CT molecular complexity index is 300. The molecule has 2 rings (SSSR count). The molecule has 2 fully saturated rings. The van der Waals surface area contributed by atoms with Gasteiger partial charge >= 0.3 is 18.0 Å². The highest BCUT2D eigenvalue weighted by Gasteiger charge is 2.29. The maximum atomic E-state index is 11.9. The molecule has 0 N–H and O–H groups in total.